The lowest BCUT2D eigenvalue weighted by Gasteiger charge is -2.37. The number of thiazole rings is 1. The van der Waals surface area contributed by atoms with Crippen molar-refractivity contribution in [3.05, 3.63) is 174 Å². The third-order valence-electron chi connectivity index (χ3n) is 12.9. The summed E-state index contributed by atoms with van der Waals surface area (Å²) in [6, 6.07) is 50.9. The van der Waals surface area contributed by atoms with Crippen molar-refractivity contribution in [2.24, 2.45) is 0 Å². The highest BCUT2D eigenvalue weighted by Gasteiger charge is 2.38. The molecule has 1 aliphatic heterocycles. The van der Waals surface area contributed by atoms with Crippen LogP contribution in [0.5, 0.6) is 11.5 Å². The lowest BCUT2D eigenvalue weighted by molar-refractivity contribution is 0.419. The van der Waals surface area contributed by atoms with E-state index in [1.165, 1.54) is 71.4 Å². The highest BCUT2D eigenvalue weighted by atomic mass is 32.1. The van der Waals surface area contributed by atoms with Gasteiger partial charge in [0.2, 0.25) is 0 Å². The van der Waals surface area contributed by atoms with Gasteiger partial charge in [0.1, 0.15) is 11.5 Å². The van der Waals surface area contributed by atoms with Crippen molar-refractivity contribution in [2.45, 2.75) is 40.0 Å². The van der Waals surface area contributed by atoms with Crippen molar-refractivity contribution in [1.29, 1.82) is 0 Å². The number of aryl methyl sites for hydroxylation is 2. The number of hydrogen-bond acceptors (Lipinski definition) is 4. The highest BCUT2D eigenvalue weighted by Crippen LogP contribution is 2.56. The zero-order chi connectivity index (χ0) is 39.7. The number of pyridine rings is 1. The second-order valence-corrected chi connectivity index (χ2v) is 17.7. The second-order valence-electron chi connectivity index (χ2n) is 16.7. The Kier molecular flexibility index (Phi) is 7.16. The van der Waals surface area contributed by atoms with Gasteiger partial charge in [0, 0.05) is 45.0 Å². The van der Waals surface area contributed by atoms with E-state index in [4.69, 9.17) is 14.7 Å². The summed E-state index contributed by atoms with van der Waals surface area (Å²) < 4.78 is 10.8. The molecule has 7 aromatic carbocycles. The summed E-state index contributed by atoms with van der Waals surface area (Å²) >= 11 is 1.75. The van der Waals surface area contributed by atoms with E-state index in [-0.39, 0.29) is 5.41 Å². The van der Waals surface area contributed by atoms with E-state index >= 15 is 0 Å². The van der Waals surface area contributed by atoms with E-state index in [1.54, 1.807) is 11.3 Å². The molecule has 12 rings (SSSR count). The monoisotopic (exact) mass is 777 g/mol. The minimum Gasteiger partial charge on any atom is -0.456 e. The fourth-order valence-corrected chi connectivity index (χ4v) is 11.0. The lowest BCUT2D eigenvalue weighted by Crippen LogP contribution is -2.25. The molecule has 0 bridgehead atoms. The number of ether oxygens (including phenoxy) is 1. The Bertz CT molecular complexity index is 3430. The van der Waals surface area contributed by atoms with Crippen LogP contribution in [0.3, 0.4) is 0 Å². The number of benzene rings is 7. The van der Waals surface area contributed by atoms with E-state index in [1.807, 2.05) is 12.3 Å². The van der Waals surface area contributed by atoms with Gasteiger partial charge in [-0.15, -0.1) is 0 Å². The Balaban J connectivity index is 1.17. The predicted molar refractivity (Wildman–Crippen MR) is 245 cm³/mol. The summed E-state index contributed by atoms with van der Waals surface area (Å²) in [5.41, 5.74) is 22.6. The van der Waals surface area contributed by atoms with E-state index < -0.39 is 0 Å². The topological polar surface area (TPSA) is 39.4 Å². The molecule has 2 aliphatic rings. The van der Waals surface area contributed by atoms with Gasteiger partial charge in [-0.2, -0.15) is 0 Å². The maximum Gasteiger partial charge on any atom is 0.195 e. The lowest BCUT2D eigenvalue weighted by atomic mass is 9.72. The fourth-order valence-electron chi connectivity index (χ4n) is 9.98. The number of rotatable bonds is 2. The third kappa shape index (κ3) is 4.82. The molecule has 0 atom stereocenters. The van der Waals surface area contributed by atoms with Crippen LogP contribution < -0.4 is 4.74 Å². The van der Waals surface area contributed by atoms with Crippen molar-refractivity contribution < 1.29 is 4.74 Å². The van der Waals surface area contributed by atoms with Gasteiger partial charge in [-0.05, 0) is 119 Å². The van der Waals surface area contributed by atoms with Crippen LogP contribution >= 0.6 is 11.3 Å². The number of imidazole rings is 1. The summed E-state index contributed by atoms with van der Waals surface area (Å²) in [4.78, 5) is 11.4. The molecule has 1 aliphatic carbocycles. The quantitative estimate of drug-likeness (QED) is 0.175. The SMILES string of the molecule is Cc1ccc2c(c1)Oc1c(cc(-c3c(C)ccc4c3nc3sc5ccccc5n34)c(C)c1-c1ccc3c(c1)-c1ccccc1-c1ncccc1-c1ccccc1-3)C2(C)C. The molecular formula is C54H39N3OS. The van der Waals surface area contributed by atoms with E-state index in [0.29, 0.717) is 0 Å². The van der Waals surface area contributed by atoms with Crippen molar-refractivity contribution in [3.63, 3.8) is 0 Å². The molecule has 0 fully saturated rings. The number of fused-ring (bicyclic) bond motifs is 15. The fraction of sp³-hybridized carbons (Fsp3) is 0.111. The van der Waals surface area contributed by atoms with Crippen LogP contribution in [0.1, 0.15) is 41.7 Å². The Morgan fingerprint density at radius 3 is 2.12 bits per heavy atom. The van der Waals surface area contributed by atoms with Crippen LogP contribution in [0.4, 0.5) is 0 Å². The minimum atomic E-state index is -0.342. The van der Waals surface area contributed by atoms with Crippen LogP contribution in [0.25, 0.3) is 93.1 Å². The molecule has 4 nitrogen and oxygen atoms in total. The van der Waals surface area contributed by atoms with Crippen LogP contribution in [-0.2, 0) is 5.41 Å². The first-order valence-corrected chi connectivity index (χ1v) is 21.1. The van der Waals surface area contributed by atoms with Gasteiger partial charge in [-0.25, -0.2) is 4.98 Å². The first-order chi connectivity index (χ1) is 28.8. The second kappa shape index (κ2) is 12.3. The van der Waals surface area contributed by atoms with Crippen LogP contribution in [0.15, 0.2) is 146 Å². The van der Waals surface area contributed by atoms with Crippen molar-refractivity contribution in [1.82, 2.24) is 14.4 Å². The van der Waals surface area contributed by atoms with Crippen molar-refractivity contribution in [3.8, 4) is 78.4 Å². The molecule has 4 heterocycles. The van der Waals surface area contributed by atoms with E-state index in [9.17, 15) is 0 Å². The number of nitrogens with zero attached hydrogens (tertiary/aromatic N) is 3. The van der Waals surface area contributed by atoms with Crippen molar-refractivity contribution >= 4 is 37.5 Å². The molecule has 0 N–H and O–H groups in total. The van der Waals surface area contributed by atoms with Gasteiger partial charge in [0.15, 0.2) is 4.96 Å². The standard InChI is InChI=1S/C54H39N3OS/c1-30-20-24-42-46(27-30)58-52-43(54(42,4)5)29-40(48-31(2)21-25-45-51(48)56-53-57(45)44-18-10-11-19-47(44)59-53)32(3)49(52)33-22-23-37-34-13-6-7-14-35(34)39-17-12-26-55-50(39)38-16-9-8-15-36(38)41(37)28-33/h6-29H,1-5H3. The molecule has 3 aromatic heterocycles. The Morgan fingerprint density at radius 1 is 0.576 bits per heavy atom. The molecule has 282 valence electrons. The van der Waals surface area contributed by atoms with Gasteiger partial charge in [0.05, 0.1) is 26.9 Å². The minimum absolute atomic E-state index is 0.342. The van der Waals surface area contributed by atoms with Crippen molar-refractivity contribution in [2.75, 3.05) is 0 Å². The van der Waals surface area contributed by atoms with Gasteiger partial charge in [-0.1, -0.05) is 122 Å². The Morgan fingerprint density at radius 2 is 1.29 bits per heavy atom. The van der Waals surface area contributed by atoms with Crippen LogP contribution in [0.2, 0.25) is 0 Å². The molecule has 0 spiro atoms. The van der Waals surface area contributed by atoms with Gasteiger partial charge >= 0.3 is 0 Å². The van der Waals surface area contributed by atoms with Gasteiger partial charge < -0.3 is 4.74 Å². The molecule has 0 amide bonds. The van der Waals surface area contributed by atoms with Crippen LogP contribution in [-0.4, -0.2) is 14.4 Å². The summed E-state index contributed by atoms with van der Waals surface area (Å²) in [5.74, 6) is 1.84. The van der Waals surface area contributed by atoms with E-state index in [0.717, 1.165) is 61.0 Å². The molecule has 0 unspecified atom stereocenters. The van der Waals surface area contributed by atoms with Crippen LogP contribution in [0, 0.1) is 20.8 Å². The maximum absolute atomic E-state index is 7.19. The third-order valence-corrected chi connectivity index (χ3v) is 13.9. The summed E-state index contributed by atoms with van der Waals surface area (Å²) in [7, 11) is 0. The molecule has 5 heteroatoms. The first kappa shape index (κ1) is 34.2. The number of aromatic nitrogens is 3. The summed E-state index contributed by atoms with van der Waals surface area (Å²) in [6.45, 7) is 11.3. The normalized spacial score (nSPS) is 13.4. The smallest absolute Gasteiger partial charge is 0.195 e. The molecule has 0 saturated carbocycles. The zero-order valence-corrected chi connectivity index (χ0v) is 34.3. The highest BCUT2D eigenvalue weighted by molar-refractivity contribution is 7.23. The van der Waals surface area contributed by atoms with Gasteiger partial charge in [0.25, 0.3) is 0 Å². The number of para-hydroxylation sites is 1. The average Bonchev–Trinajstić information content (AvgIpc) is 3.79. The molecule has 0 saturated heterocycles. The molecular weight excluding hydrogens is 739 g/mol. The average molecular weight is 778 g/mol. The maximum atomic E-state index is 7.19. The van der Waals surface area contributed by atoms with E-state index in [2.05, 4.69) is 172 Å². The molecule has 10 aromatic rings. The summed E-state index contributed by atoms with van der Waals surface area (Å²) in [6.07, 6.45) is 1.91. The number of hydrogen-bond donors (Lipinski definition) is 0. The molecule has 59 heavy (non-hydrogen) atoms. The van der Waals surface area contributed by atoms with Gasteiger partial charge in [-0.3, -0.25) is 9.38 Å². The predicted octanol–water partition coefficient (Wildman–Crippen LogP) is 14.8. The molecule has 0 radical (unpaired) electrons. The Hall–Kier alpha value is -6.82. The Labute approximate surface area is 347 Å². The largest absolute Gasteiger partial charge is 0.456 e. The first-order valence-electron chi connectivity index (χ1n) is 20.3. The zero-order valence-electron chi connectivity index (χ0n) is 33.5. The summed E-state index contributed by atoms with van der Waals surface area (Å²) in [5, 5.41) is 0.